The second-order valence-corrected chi connectivity index (χ2v) is 7.02. The number of nitrogens with one attached hydrogen (secondary N) is 2. The van der Waals surface area contributed by atoms with Crippen LogP contribution in [0.4, 0.5) is 11.4 Å². The molecule has 0 atom stereocenters. The maximum Gasteiger partial charge on any atom is 0.240 e. The minimum Gasteiger partial charge on any atom is -0.489 e. The summed E-state index contributed by atoms with van der Waals surface area (Å²) in [5, 5.41) is 5.74. The van der Waals surface area contributed by atoms with Gasteiger partial charge < -0.3 is 15.4 Å². The smallest absolute Gasteiger partial charge is 0.240 e. The van der Waals surface area contributed by atoms with Crippen LogP contribution in [-0.2, 0) is 9.59 Å². The maximum atomic E-state index is 12.8. The van der Waals surface area contributed by atoms with Gasteiger partial charge in [0.05, 0.1) is 11.8 Å². The Morgan fingerprint density at radius 2 is 1.69 bits per heavy atom. The number of anilines is 2. The van der Waals surface area contributed by atoms with Crippen LogP contribution in [-0.4, -0.2) is 17.9 Å². The van der Waals surface area contributed by atoms with Crippen LogP contribution in [0.3, 0.4) is 0 Å². The van der Waals surface area contributed by atoms with Gasteiger partial charge in [-0.25, -0.2) is 0 Å². The van der Waals surface area contributed by atoms with Crippen molar-refractivity contribution >= 4 is 23.2 Å². The molecule has 2 aromatic rings. The number of hydrogen-bond acceptors (Lipinski definition) is 3. The summed E-state index contributed by atoms with van der Waals surface area (Å²) >= 11 is 0. The normalized spacial score (nSPS) is 14.6. The zero-order chi connectivity index (χ0) is 18.7. The highest BCUT2D eigenvalue weighted by Gasteiger charge is 2.56. The van der Waals surface area contributed by atoms with Crippen LogP contribution < -0.4 is 15.4 Å². The molecule has 2 N–H and O–H groups in total. The lowest BCUT2D eigenvalue weighted by molar-refractivity contribution is -0.131. The van der Waals surface area contributed by atoms with Crippen LogP contribution in [0.2, 0.25) is 0 Å². The van der Waals surface area contributed by atoms with E-state index in [4.69, 9.17) is 4.74 Å². The van der Waals surface area contributed by atoms with E-state index in [1.807, 2.05) is 63.2 Å². The van der Waals surface area contributed by atoms with Crippen LogP contribution in [0.5, 0.6) is 5.75 Å². The van der Waals surface area contributed by atoms with Gasteiger partial charge in [-0.15, -0.1) is 0 Å². The van der Waals surface area contributed by atoms with Crippen molar-refractivity contribution in [1.29, 1.82) is 0 Å². The fourth-order valence-electron chi connectivity index (χ4n) is 2.82. The molecule has 2 amide bonds. The van der Waals surface area contributed by atoms with E-state index in [2.05, 4.69) is 10.6 Å². The molecule has 0 aliphatic heterocycles. The van der Waals surface area contributed by atoms with E-state index in [-0.39, 0.29) is 17.9 Å². The first-order valence-electron chi connectivity index (χ1n) is 8.86. The summed E-state index contributed by atoms with van der Waals surface area (Å²) in [5.41, 5.74) is 1.34. The number of ether oxygens (including phenoxy) is 1. The molecule has 0 radical (unpaired) electrons. The monoisotopic (exact) mass is 352 g/mol. The third-order valence-corrected chi connectivity index (χ3v) is 4.39. The van der Waals surface area contributed by atoms with Crippen molar-refractivity contribution in [1.82, 2.24) is 0 Å². The van der Waals surface area contributed by atoms with Gasteiger partial charge in [-0.1, -0.05) is 24.3 Å². The van der Waals surface area contributed by atoms with Crippen LogP contribution in [0, 0.1) is 12.3 Å². The molecule has 2 aromatic carbocycles. The van der Waals surface area contributed by atoms with Crippen molar-refractivity contribution in [2.75, 3.05) is 10.6 Å². The van der Waals surface area contributed by atoms with Gasteiger partial charge in [0.1, 0.15) is 11.2 Å². The van der Waals surface area contributed by atoms with Crippen molar-refractivity contribution in [3.05, 3.63) is 54.1 Å². The second kappa shape index (κ2) is 7.20. The molecular weight excluding hydrogens is 328 g/mol. The molecule has 1 saturated carbocycles. The molecule has 0 saturated heterocycles. The molecule has 5 heteroatoms. The fourth-order valence-corrected chi connectivity index (χ4v) is 2.82. The van der Waals surface area contributed by atoms with Gasteiger partial charge in [0.2, 0.25) is 11.8 Å². The van der Waals surface area contributed by atoms with E-state index in [1.165, 1.54) is 0 Å². The summed E-state index contributed by atoms with van der Waals surface area (Å²) in [6.45, 7) is 5.81. The summed E-state index contributed by atoms with van der Waals surface area (Å²) < 4.78 is 5.73. The lowest BCUT2D eigenvalue weighted by atomic mass is 10.0. The van der Waals surface area contributed by atoms with E-state index in [9.17, 15) is 9.59 Å². The third-order valence-electron chi connectivity index (χ3n) is 4.39. The Bertz CT molecular complexity index is 826. The molecule has 136 valence electrons. The van der Waals surface area contributed by atoms with E-state index in [0.717, 1.165) is 5.56 Å². The van der Waals surface area contributed by atoms with Crippen LogP contribution in [0.1, 0.15) is 32.3 Å². The van der Waals surface area contributed by atoms with E-state index < -0.39 is 5.41 Å². The molecule has 0 aromatic heterocycles. The number of amides is 2. The third kappa shape index (κ3) is 3.87. The quantitative estimate of drug-likeness (QED) is 0.768. The van der Waals surface area contributed by atoms with Gasteiger partial charge >= 0.3 is 0 Å². The Balaban J connectivity index is 1.72. The van der Waals surface area contributed by atoms with Crippen molar-refractivity contribution in [3.63, 3.8) is 0 Å². The van der Waals surface area contributed by atoms with E-state index >= 15 is 0 Å². The highest BCUT2D eigenvalue weighted by molar-refractivity contribution is 6.17. The average Bonchev–Trinajstić information content (AvgIpc) is 3.38. The van der Waals surface area contributed by atoms with Gasteiger partial charge in [0, 0.05) is 5.69 Å². The van der Waals surface area contributed by atoms with E-state index in [1.54, 1.807) is 6.07 Å². The van der Waals surface area contributed by atoms with Crippen LogP contribution in [0.15, 0.2) is 48.5 Å². The Hall–Kier alpha value is -2.82. The molecule has 1 fully saturated rings. The van der Waals surface area contributed by atoms with Crippen molar-refractivity contribution in [3.8, 4) is 5.75 Å². The Morgan fingerprint density at radius 3 is 2.35 bits per heavy atom. The van der Waals surface area contributed by atoms with Gasteiger partial charge in [0.15, 0.2) is 0 Å². The predicted octanol–water partition coefficient (Wildman–Crippen LogP) is 4.14. The molecule has 0 spiro atoms. The first-order chi connectivity index (χ1) is 12.4. The first kappa shape index (κ1) is 18.0. The van der Waals surface area contributed by atoms with Crippen molar-refractivity contribution in [2.24, 2.45) is 5.41 Å². The number of benzene rings is 2. The molecule has 1 aliphatic rings. The fraction of sp³-hybridized carbons (Fsp3) is 0.333. The number of aryl methyl sites for hydroxylation is 1. The topological polar surface area (TPSA) is 67.4 Å². The van der Waals surface area contributed by atoms with Gasteiger partial charge in [-0.05, 0) is 63.4 Å². The first-order valence-corrected chi connectivity index (χ1v) is 8.86. The highest BCUT2D eigenvalue weighted by Crippen LogP contribution is 2.48. The summed E-state index contributed by atoms with van der Waals surface area (Å²) in [4.78, 5) is 25.5. The highest BCUT2D eigenvalue weighted by atomic mass is 16.5. The largest absolute Gasteiger partial charge is 0.489 e. The lowest BCUT2D eigenvalue weighted by Crippen LogP contribution is -2.35. The minimum absolute atomic E-state index is 0.00689. The van der Waals surface area contributed by atoms with Crippen molar-refractivity contribution < 1.29 is 14.3 Å². The van der Waals surface area contributed by atoms with Crippen LogP contribution in [0.25, 0.3) is 0 Å². The molecular formula is C21H24N2O3. The summed E-state index contributed by atoms with van der Waals surface area (Å²) in [5.74, 6) is 0.0519. The second-order valence-electron chi connectivity index (χ2n) is 7.02. The molecule has 0 unspecified atom stereocenters. The Morgan fingerprint density at radius 1 is 1.00 bits per heavy atom. The summed E-state index contributed by atoms with van der Waals surface area (Å²) in [6.07, 6.45) is 1.08. The molecule has 5 nitrogen and oxygen atoms in total. The Labute approximate surface area is 153 Å². The van der Waals surface area contributed by atoms with Gasteiger partial charge in [-0.2, -0.15) is 0 Å². The summed E-state index contributed by atoms with van der Waals surface area (Å²) in [7, 11) is 0. The average molecular weight is 352 g/mol. The van der Waals surface area contributed by atoms with E-state index in [0.29, 0.717) is 30.0 Å². The van der Waals surface area contributed by atoms with Crippen molar-refractivity contribution in [2.45, 2.75) is 39.7 Å². The summed E-state index contributed by atoms with van der Waals surface area (Å²) in [6, 6.07) is 14.8. The van der Waals surface area contributed by atoms with Gasteiger partial charge in [-0.3, -0.25) is 9.59 Å². The maximum absolute atomic E-state index is 12.8. The van der Waals surface area contributed by atoms with Crippen LogP contribution >= 0.6 is 0 Å². The standard InChI is InChI=1S/C21H24N2O3/c1-14(2)26-18-10-5-4-9-17(18)23-20(25)21(11-12-21)19(24)22-16-8-6-7-15(3)13-16/h4-10,13-14H,11-12H2,1-3H3,(H,22,24)(H,23,25). The number of carbonyl (C=O) groups is 2. The molecule has 0 heterocycles. The number of rotatable bonds is 6. The molecule has 0 bridgehead atoms. The molecule has 3 rings (SSSR count). The molecule has 1 aliphatic carbocycles. The number of hydrogen-bond donors (Lipinski definition) is 2. The number of para-hydroxylation sites is 2. The Kier molecular flexibility index (Phi) is 4.98. The lowest BCUT2D eigenvalue weighted by Gasteiger charge is -2.18. The zero-order valence-corrected chi connectivity index (χ0v) is 15.3. The molecule has 26 heavy (non-hydrogen) atoms. The predicted molar refractivity (Wildman–Crippen MR) is 102 cm³/mol. The van der Waals surface area contributed by atoms with Gasteiger partial charge in [0.25, 0.3) is 0 Å². The zero-order valence-electron chi connectivity index (χ0n) is 15.3. The number of carbonyl (C=O) groups excluding carboxylic acids is 2. The minimum atomic E-state index is -1.01. The SMILES string of the molecule is Cc1cccc(NC(=O)C2(C(=O)Nc3ccccc3OC(C)C)CC2)c1.